The molecule has 0 atom stereocenters. The Hall–Kier alpha value is -0.870. The summed E-state index contributed by atoms with van der Waals surface area (Å²) in [5.41, 5.74) is 0.529. The van der Waals surface area contributed by atoms with Gasteiger partial charge in [-0.15, -0.1) is 6.42 Å². The summed E-state index contributed by atoms with van der Waals surface area (Å²) in [4.78, 5) is 0.0989. The SMILES string of the molecule is C#CCN(C)S(=O)(=O)c1cc(CO)ccc1Br. The fraction of sp³-hybridized carbons (Fsp3) is 0.273. The van der Waals surface area contributed by atoms with Crippen LogP contribution >= 0.6 is 15.9 Å². The minimum Gasteiger partial charge on any atom is -0.392 e. The molecule has 6 heteroatoms. The van der Waals surface area contributed by atoms with Gasteiger partial charge in [0.05, 0.1) is 18.0 Å². The van der Waals surface area contributed by atoms with Gasteiger partial charge >= 0.3 is 0 Å². The highest BCUT2D eigenvalue weighted by atomic mass is 79.9. The van der Waals surface area contributed by atoms with Crippen LogP contribution in [0.4, 0.5) is 0 Å². The first-order chi connectivity index (χ1) is 7.93. The third-order valence-corrected chi connectivity index (χ3v) is 4.98. The van der Waals surface area contributed by atoms with Gasteiger partial charge in [-0.2, -0.15) is 4.31 Å². The van der Waals surface area contributed by atoms with Crippen LogP contribution in [0.1, 0.15) is 5.56 Å². The van der Waals surface area contributed by atoms with Crippen molar-refractivity contribution in [2.24, 2.45) is 0 Å². The lowest BCUT2D eigenvalue weighted by atomic mass is 10.2. The minimum absolute atomic E-state index is 0.00186. The van der Waals surface area contributed by atoms with Crippen LogP contribution in [0.5, 0.6) is 0 Å². The summed E-state index contributed by atoms with van der Waals surface area (Å²) in [6, 6.07) is 4.65. The topological polar surface area (TPSA) is 57.6 Å². The Morgan fingerprint density at radius 1 is 1.53 bits per heavy atom. The Morgan fingerprint density at radius 3 is 2.71 bits per heavy atom. The third-order valence-electron chi connectivity index (χ3n) is 2.18. The average Bonchev–Trinajstić information content (AvgIpc) is 2.29. The van der Waals surface area contributed by atoms with Crippen LogP contribution in [-0.4, -0.2) is 31.4 Å². The zero-order chi connectivity index (χ0) is 13.1. The van der Waals surface area contributed by atoms with Crippen molar-refractivity contribution >= 4 is 26.0 Å². The first-order valence-electron chi connectivity index (χ1n) is 4.72. The third kappa shape index (κ3) is 3.07. The van der Waals surface area contributed by atoms with Crippen LogP contribution in [0.15, 0.2) is 27.6 Å². The Balaban J connectivity index is 3.28. The Morgan fingerprint density at radius 2 is 2.18 bits per heavy atom. The van der Waals surface area contributed by atoms with Crippen LogP contribution in [0.3, 0.4) is 0 Å². The maximum atomic E-state index is 12.1. The molecule has 1 aromatic carbocycles. The van der Waals surface area contributed by atoms with E-state index in [9.17, 15) is 8.42 Å². The number of aliphatic hydroxyl groups is 1. The predicted octanol–water partition coefficient (Wildman–Crippen LogP) is 1.20. The van der Waals surface area contributed by atoms with Crippen LogP contribution < -0.4 is 0 Å². The quantitative estimate of drug-likeness (QED) is 0.849. The van der Waals surface area contributed by atoms with E-state index in [0.29, 0.717) is 10.0 Å². The number of terminal acetylenes is 1. The van der Waals surface area contributed by atoms with Crippen molar-refractivity contribution in [3.63, 3.8) is 0 Å². The first-order valence-corrected chi connectivity index (χ1v) is 6.96. The lowest BCUT2D eigenvalue weighted by Gasteiger charge is -2.16. The van der Waals surface area contributed by atoms with Crippen molar-refractivity contribution in [2.45, 2.75) is 11.5 Å². The van der Waals surface area contributed by atoms with Crippen LogP contribution in [-0.2, 0) is 16.6 Å². The van der Waals surface area contributed by atoms with E-state index < -0.39 is 10.0 Å². The second-order valence-electron chi connectivity index (χ2n) is 3.39. The van der Waals surface area contributed by atoms with Crippen molar-refractivity contribution < 1.29 is 13.5 Å². The van der Waals surface area contributed by atoms with Crippen molar-refractivity contribution in [1.82, 2.24) is 4.31 Å². The summed E-state index contributed by atoms with van der Waals surface area (Å²) < 4.78 is 25.8. The molecule has 0 amide bonds. The van der Waals surface area contributed by atoms with E-state index in [1.165, 1.54) is 13.1 Å². The van der Waals surface area contributed by atoms with E-state index in [2.05, 4.69) is 21.9 Å². The summed E-state index contributed by atoms with van der Waals surface area (Å²) in [6.07, 6.45) is 5.09. The molecule has 0 heterocycles. The number of hydrogen-bond acceptors (Lipinski definition) is 3. The molecule has 17 heavy (non-hydrogen) atoms. The van der Waals surface area contributed by atoms with Crippen LogP contribution in [0.25, 0.3) is 0 Å². The van der Waals surface area contributed by atoms with Gasteiger partial charge in [0, 0.05) is 11.5 Å². The molecule has 0 aromatic heterocycles. The number of halogens is 1. The molecule has 0 aliphatic heterocycles. The fourth-order valence-corrected chi connectivity index (χ4v) is 3.28. The summed E-state index contributed by atoms with van der Waals surface area (Å²) in [5, 5.41) is 9.00. The summed E-state index contributed by atoms with van der Waals surface area (Å²) >= 11 is 3.18. The molecule has 1 rings (SSSR count). The summed E-state index contributed by atoms with van der Waals surface area (Å²) in [6.45, 7) is -0.215. The molecular weight excluding hydrogens is 306 g/mol. The standard InChI is InChI=1S/C11H12BrNO3S/c1-3-6-13(2)17(15,16)11-7-9(8-14)4-5-10(11)12/h1,4-5,7,14H,6,8H2,2H3. The maximum absolute atomic E-state index is 12.1. The van der Waals surface area contributed by atoms with E-state index in [0.717, 1.165) is 4.31 Å². The number of sulfonamides is 1. The van der Waals surface area contributed by atoms with Crippen molar-refractivity contribution in [3.8, 4) is 12.3 Å². The average molecular weight is 318 g/mol. The van der Waals surface area contributed by atoms with Gasteiger partial charge in [-0.05, 0) is 33.6 Å². The molecule has 0 fully saturated rings. The van der Waals surface area contributed by atoms with Crippen LogP contribution in [0, 0.1) is 12.3 Å². The zero-order valence-electron chi connectivity index (χ0n) is 9.22. The minimum atomic E-state index is -3.63. The van der Waals surface area contributed by atoms with Gasteiger partial charge in [0.2, 0.25) is 10.0 Å². The maximum Gasteiger partial charge on any atom is 0.244 e. The molecule has 1 aromatic rings. The molecule has 0 radical (unpaired) electrons. The van der Waals surface area contributed by atoms with E-state index in [-0.39, 0.29) is 18.0 Å². The van der Waals surface area contributed by atoms with E-state index in [1.807, 2.05) is 0 Å². The molecule has 0 unspecified atom stereocenters. The molecule has 0 aliphatic rings. The van der Waals surface area contributed by atoms with Gasteiger partial charge < -0.3 is 5.11 Å². The van der Waals surface area contributed by atoms with E-state index >= 15 is 0 Å². The highest BCUT2D eigenvalue weighted by molar-refractivity contribution is 9.10. The Bertz CT molecular complexity index is 548. The smallest absolute Gasteiger partial charge is 0.244 e. The normalized spacial score (nSPS) is 11.5. The molecule has 0 spiro atoms. The van der Waals surface area contributed by atoms with Gasteiger partial charge in [0.15, 0.2) is 0 Å². The van der Waals surface area contributed by atoms with Crippen molar-refractivity contribution in [2.75, 3.05) is 13.6 Å². The van der Waals surface area contributed by atoms with Crippen LogP contribution in [0.2, 0.25) is 0 Å². The number of benzene rings is 1. The zero-order valence-corrected chi connectivity index (χ0v) is 11.6. The molecule has 1 N–H and O–H groups in total. The van der Waals surface area contributed by atoms with E-state index in [4.69, 9.17) is 11.5 Å². The molecule has 0 saturated heterocycles. The van der Waals surface area contributed by atoms with Gasteiger partial charge in [0.1, 0.15) is 0 Å². The van der Waals surface area contributed by atoms with Gasteiger partial charge in [0.25, 0.3) is 0 Å². The molecular formula is C11H12BrNO3S. The second-order valence-corrected chi connectivity index (χ2v) is 6.26. The molecule has 0 bridgehead atoms. The van der Waals surface area contributed by atoms with Gasteiger partial charge in [-0.1, -0.05) is 12.0 Å². The number of rotatable bonds is 4. The Labute approximate surface area is 109 Å². The Kier molecular flexibility index (Phi) is 4.71. The highest BCUT2D eigenvalue weighted by Crippen LogP contribution is 2.25. The second kappa shape index (κ2) is 5.65. The predicted molar refractivity (Wildman–Crippen MR) is 68.7 cm³/mol. The lowest BCUT2D eigenvalue weighted by Crippen LogP contribution is -2.27. The monoisotopic (exact) mass is 317 g/mol. The summed E-state index contributed by atoms with van der Waals surface area (Å²) in [5.74, 6) is 2.27. The first kappa shape index (κ1) is 14.2. The van der Waals surface area contributed by atoms with E-state index in [1.54, 1.807) is 12.1 Å². The number of nitrogens with zero attached hydrogens (tertiary/aromatic N) is 1. The van der Waals surface area contributed by atoms with Gasteiger partial charge in [-0.25, -0.2) is 8.42 Å². The van der Waals surface area contributed by atoms with Crippen molar-refractivity contribution in [3.05, 3.63) is 28.2 Å². The molecule has 92 valence electrons. The largest absolute Gasteiger partial charge is 0.392 e. The summed E-state index contributed by atoms with van der Waals surface area (Å²) in [7, 11) is -2.22. The fourth-order valence-electron chi connectivity index (χ4n) is 1.23. The van der Waals surface area contributed by atoms with Gasteiger partial charge in [-0.3, -0.25) is 0 Å². The molecule has 0 aliphatic carbocycles. The number of aliphatic hydroxyl groups excluding tert-OH is 1. The highest BCUT2D eigenvalue weighted by Gasteiger charge is 2.22. The molecule has 4 nitrogen and oxygen atoms in total. The number of hydrogen-bond donors (Lipinski definition) is 1. The molecule has 0 saturated carbocycles. The lowest BCUT2D eigenvalue weighted by molar-refractivity contribution is 0.281. The van der Waals surface area contributed by atoms with Crippen molar-refractivity contribution in [1.29, 1.82) is 0 Å².